The number of hydrogen-bond donors (Lipinski definition) is 0. The summed E-state index contributed by atoms with van der Waals surface area (Å²) in [5.74, 6) is -1.99. The van der Waals surface area contributed by atoms with Crippen LogP contribution >= 0.6 is 0 Å². The van der Waals surface area contributed by atoms with Crippen LogP contribution in [0.25, 0.3) is 12.2 Å². The van der Waals surface area contributed by atoms with Crippen molar-refractivity contribution in [2.75, 3.05) is 13.2 Å². The lowest BCUT2D eigenvalue weighted by molar-refractivity contribution is -0.215. The van der Waals surface area contributed by atoms with E-state index >= 15 is 0 Å². The lowest BCUT2D eigenvalue weighted by Gasteiger charge is -2.37. The molecule has 0 unspecified atom stereocenters. The second-order valence-corrected chi connectivity index (χ2v) is 10.5. The highest BCUT2D eigenvalue weighted by molar-refractivity contribution is 5.70. The maximum absolute atomic E-state index is 14.8. The van der Waals surface area contributed by atoms with E-state index in [0.717, 1.165) is 55.2 Å². The molecule has 0 spiro atoms. The number of benzene rings is 2. The fourth-order valence-corrected chi connectivity index (χ4v) is 5.62. The first-order valence-electron chi connectivity index (χ1n) is 13.6. The van der Waals surface area contributed by atoms with Gasteiger partial charge >= 0.3 is 0 Å². The molecule has 0 atom stereocenters. The minimum absolute atomic E-state index is 0.0307. The Bertz CT molecular complexity index is 1120. The molecule has 1 saturated carbocycles. The lowest BCUT2D eigenvalue weighted by Crippen LogP contribution is -2.34. The van der Waals surface area contributed by atoms with Gasteiger partial charge in [0, 0.05) is 22.6 Å². The van der Waals surface area contributed by atoms with Crippen molar-refractivity contribution in [3.63, 3.8) is 0 Å². The molecule has 1 saturated heterocycles. The molecule has 1 aliphatic heterocycles. The minimum atomic E-state index is -2.72. The number of alkyl halides is 2. The number of allylic oxidation sites excluding steroid dienone is 2. The first kappa shape index (κ1) is 29.4. The monoisotopic (exact) mass is 552 g/mol. The van der Waals surface area contributed by atoms with Crippen molar-refractivity contribution < 1.29 is 35.8 Å². The van der Waals surface area contributed by atoms with Crippen LogP contribution in [-0.4, -0.2) is 19.6 Å². The maximum Gasteiger partial charge on any atom is 0.257 e. The van der Waals surface area contributed by atoms with E-state index in [2.05, 4.69) is 6.92 Å². The van der Waals surface area contributed by atoms with Gasteiger partial charge in [-0.25, -0.2) is 26.3 Å². The molecular formula is C31H34F6O2. The van der Waals surface area contributed by atoms with E-state index < -0.39 is 36.0 Å². The maximum atomic E-state index is 14.8. The van der Waals surface area contributed by atoms with Gasteiger partial charge in [-0.05, 0) is 73.1 Å². The molecule has 2 aliphatic rings. The van der Waals surface area contributed by atoms with E-state index in [1.165, 1.54) is 31.8 Å². The summed E-state index contributed by atoms with van der Waals surface area (Å²) in [6.45, 7) is 3.17. The minimum Gasteiger partial charge on any atom is -0.348 e. The molecule has 2 aromatic carbocycles. The summed E-state index contributed by atoms with van der Waals surface area (Å²) < 4.78 is 94.4. The average molecular weight is 553 g/mol. The third-order valence-corrected chi connectivity index (χ3v) is 7.76. The zero-order chi connectivity index (χ0) is 27.9. The Morgan fingerprint density at radius 3 is 2.00 bits per heavy atom. The molecule has 0 bridgehead atoms. The van der Waals surface area contributed by atoms with Crippen LogP contribution in [0.15, 0.2) is 36.4 Å². The topological polar surface area (TPSA) is 18.5 Å². The van der Waals surface area contributed by atoms with Gasteiger partial charge in [0.05, 0.1) is 13.2 Å². The molecule has 0 radical (unpaired) electrons. The fraction of sp³-hybridized carbons (Fsp3) is 0.484. The second kappa shape index (κ2) is 13.7. The van der Waals surface area contributed by atoms with Crippen LogP contribution in [0.1, 0.15) is 74.0 Å². The van der Waals surface area contributed by atoms with Gasteiger partial charge in [-0.1, -0.05) is 44.8 Å². The summed E-state index contributed by atoms with van der Waals surface area (Å²) in [7, 11) is 0. The number of halogens is 6. The van der Waals surface area contributed by atoms with Crippen LogP contribution in [0.5, 0.6) is 0 Å². The van der Waals surface area contributed by atoms with E-state index in [9.17, 15) is 26.3 Å². The van der Waals surface area contributed by atoms with Crippen LogP contribution in [-0.2, 0) is 15.9 Å². The highest BCUT2D eigenvalue weighted by Crippen LogP contribution is 2.39. The molecule has 2 fully saturated rings. The van der Waals surface area contributed by atoms with Crippen molar-refractivity contribution in [3.05, 3.63) is 81.9 Å². The van der Waals surface area contributed by atoms with Crippen molar-refractivity contribution in [1.29, 1.82) is 0 Å². The zero-order valence-electron chi connectivity index (χ0n) is 22.0. The summed E-state index contributed by atoms with van der Waals surface area (Å²) in [6.07, 6.45) is 7.12. The molecule has 212 valence electrons. The Morgan fingerprint density at radius 2 is 1.44 bits per heavy atom. The fourth-order valence-electron chi connectivity index (χ4n) is 5.62. The van der Waals surface area contributed by atoms with Crippen LogP contribution < -0.4 is 0 Å². The van der Waals surface area contributed by atoms with Gasteiger partial charge < -0.3 is 9.47 Å². The highest BCUT2D eigenvalue weighted by atomic mass is 19.3. The third kappa shape index (κ3) is 7.76. The van der Waals surface area contributed by atoms with Gasteiger partial charge in [0.1, 0.15) is 23.3 Å². The molecular weight excluding hydrogens is 518 g/mol. The van der Waals surface area contributed by atoms with E-state index in [4.69, 9.17) is 9.47 Å². The Balaban J connectivity index is 1.37. The zero-order valence-corrected chi connectivity index (χ0v) is 22.0. The van der Waals surface area contributed by atoms with Crippen molar-refractivity contribution >= 4 is 12.2 Å². The van der Waals surface area contributed by atoms with E-state index in [0.29, 0.717) is 25.2 Å². The van der Waals surface area contributed by atoms with Crippen molar-refractivity contribution in [2.24, 2.45) is 17.8 Å². The molecule has 1 heterocycles. The van der Waals surface area contributed by atoms with Crippen molar-refractivity contribution in [2.45, 2.75) is 64.6 Å². The van der Waals surface area contributed by atoms with Crippen LogP contribution in [0.2, 0.25) is 0 Å². The quantitative estimate of drug-likeness (QED) is 0.176. The molecule has 4 rings (SSSR count). The molecule has 0 aromatic heterocycles. The highest BCUT2D eigenvalue weighted by Gasteiger charge is 2.32. The summed E-state index contributed by atoms with van der Waals surface area (Å²) in [5, 5.41) is 0. The Hall–Kier alpha value is -2.58. The molecule has 39 heavy (non-hydrogen) atoms. The van der Waals surface area contributed by atoms with Gasteiger partial charge in [0.15, 0.2) is 6.29 Å². The lowest BCUT2D eigenvalue weighted by atomic mass is 9.75. The van der Waals surface area contributed by atoms with Crippen molar-refractivity contribution in [1.82, 2.24) is 0 Å². The predicted molar refractivity (Wildman–Crippen MR) is 139 cm³/mol. The summed E-state index contributed by atoms with van der Waals surface area (Å²) >= 11 is 0. The van der Waals surface area contributed by atoms with Crippen LogP contribution in [0.3, 0.4) is 0 Å². The van der Waals surface area contributed by atoms with Gasteiger partial charge in [-0.15, -0.1) is 0 Å². The van der Waals surface area contributed by atoms with Crippen molar-refractivity contribution in [3.8, 4) is 0 Å². The first-order chi connectivity index (χ1) is 18.7. The van der Waals surface area contributed by atoms with Gasteiger partial charge in [-0.3, -0.25) is 0 Å². The van der Waals surface area contributed by atoms with E-state index in [1.54, 1.807) is 0 Å². The normalized spacial score (nSPS) is 24.3. The van der Waals surface area contributed by atoms with E-state index in [1.807, 2.05) is 0 Å². The molecule has 0 amide bonds. The summed E-state index contributed by atoms with van der Waals surface area (Å²) in [5.41, 5.74) is -0.487. The van der Waals surface area contributed by atoms with Gasteiger partial charge in [0.25, 0.3) is 6.43 Å². The summed E-state index contributed by atoms with van der Waals surface area (Å²) in [4.78, 5) is 0. The SMILES string of the molecule is CCCC1CCC(C2COC(c3cc(F)c(C=Cc4cc(F)c(CC=CC(F)F)c(F)c4)c(F)c3)OC2)CC1. The van der Waals surface area contributed by atoms with Gasteiger partial charge in [-0.2, -0.15) is 0 Å². The molecule has 1 aliphatic carbocycles. The number of rotatable bonds is 9. The van der Waals surface area contributed by atoms with Crippen LogP contribution in [0.4, 0.5) is 26.3 Å². The second-order valence-electron chi connectivity index (χ2n) is 10.5. The standard InChI is InChI=1S/C31H34F6O2/c1-2-4-19-7-10-21(11-8-19)23-17-38-31(39-18-23)22-15-28(34)25(29(35)16-22)12-9-20-13-26(32)24(27(33)14-20)5-3-6-30(36)37/h3,6,9,12-16,19,21,23,30-31H,2,4-5,7-8,10-11,17-18H2,1H3. The largest absolute Gasteiger partial charge is 0.348 e. The van der Waals surface area contributed by atoms with E-state index in [-0.39, 0.29) is 34.6 Å². The van der Waals surface area contributed by atoms with Gasteiger partial charge in [0.2, 0.25) is 0 Å². The molecule has 2 aromatic rings. The Labute approximate surface area is 225 Å². The summed E-state index contributed by atoms with van der Waals surface area (Å²) in [6, 6.07) is 4.24. The molecule has 2 nitrogen and oxygen atoms in total. The molecule has 0 N–H and O–H groups in total. The third-order valence-electron chi connectivity index (χ3n) is 7.76. The number of hydrogen-bond acceptors (Lipinski definition) is 2. The average Bonchev–Trinajstić information content (AvgIpc) is 2.90. The smallest absolute Gasteiger partial charge is 0.257 e. The predicted octanol–water partition coefficient (Wildman–Crippen LogP) is 9.05. The molecule has 8 heteroatoms. The Kier molecular flexibility index (Phi) is 10.3. The first-order valence-corrected chi connectivity index (χ1v) is 13.6. The van der Waals surface area contributed by atoms with Crippen LogP contribution in [0, 0.1) is 41.0 Å². The number of ether oxygens (including phenoxy) is 2. The Morgan fingerprint density at radius 1 is 0.821 bits per heavy atom.